The molecule has 6 nitrogen and oxygen atoms in total. The number of furan rings is 1. The summed E-state index contributed by atoms with van der Waals surface area (Å²) in [5, 5.41) is 12.9. The first-order valence-electron chi connectivity index (χ1n) is 6.52. The number of amides is 1. The van der Waals surface area contributed by atoms with E-state index in [4.69, 9.17) is 20.8 Å². The Hall–Kier alpha value is -2.05. The molecule has 1 aromatic carbocycles. The summed E-state index contributed by atoms with van der Waals surface area (Å²) in [7, 11) is 1.36. The van der Waals surface area contributed by atoms with Gasteiger partial charge in [-0.05, 0) is 32.0 Å². The van der Waals surface area contributed by atoms with Crippen LogP contribution in [0.15, 0.2) is 22.6 Å². The lowest BCUT2D eigenvalue weighted by atomic mass is 10.0. The molecule has 1 unspecified atom stereocenters. The van der Waals surface area contributed by atoms with Crippen LogP contribution in [-0.2, 0) is 9.53 Å². The third-order valence-corrected chi connectivity index (χ3v) is 3.63. The predicted octanol–water partition coefficient (Wildman–Crippen LogP) is 2.61. The van der Waals surface area contributed by atoms with E-state index in [0.717, 1.165) is 0 Å². The monoisotopic (exact) mass is 325 g/mol. The number of nitrogens with one attached hydrogen (secondary N) is 1. The summed E-state index contributed by atoms with van der Waals surface area (Å²) < 4.78 is 10.4. The highest BCUT2D eigenvalue weighted by atomic mass is 35.5. The lowest BCUT2D eigenvalue weighted by molar-refractivity contribution is -0.145. The molecular formula is C15H16ClNO5. The Bertz CT molecular complexity index is 739. The van der Waals surface area contributed by atoms with Crippen molar-refractivity contribution in [1.82, 2.24) is 5.32 Å². The number of carbonyl (C=O) groups is 2. The van der Waals surface area contributed by atoms with E-state index in [1.807, 2.05) is 0 Å². The molecule has 2 rings (SSSR count). The van der Waals surface area contributed by atoms with Gasteiger partial charge in [-0.25, -0.2) is 4.79 Å². The molecule has 0 saturated carbocycles. The normalized spacial score (nSPS) is 13.8. The molecule has 118 valence electrons. The number of hydrogen-bond acceptors (Lipinski definition) is 4. The maximum Gasteiger partial charge on any atom is 0.331 e. The molecule has 0 aliphatic rings. The average molecular weight is 326 g/mol. The average Bonchev–Trinajstić information content (AvgIpc) is 2.76. The highest BCUT2D eigenvalue weighted by Gasteiger charge is 2.36. The van der Waals surface area contributed by atoms with Crippen LogP contribution in [0.3, 0.4) is 0 Å². The number of aliphatic carboxylic acids is 1. The Morgan fingerprint density at radius 1 is 1.45 bits per heavy atom. The lowest BCUT2D eigenvalue weighted by Gasteiger charge is -2.24. The third-order valence-electron chi connectivity index (χ3n) is 3.40. The number of rotatable bonds is 5. The van der Waals surface area contributed by atoms with Crippen LogP contribution in [0.25, 0.3) is 11.0 Å². The minimum absolute atomic E-state index is 0.0563. The Morgan fingerprint density at radius 2 is 2.14 bits per heavy atom. The van der Waals surface area contributed by atoms with Crippen molar-refractivity contribution in [2.45, 2.75) is 19.4 Å². The van der Waals surface area contributed by atoms with Gasteiger partial charge < -0.3 is 19.6 Å². The smallest absolute Gasteiger partial charge is 0.331 e. The molecule has 0 radical (unpaired) electrons. The number of halogens is 1. The van der Waals surface area contributed by atoms with Crippen molar-refractivity contribution in [2.75, 3.05) is 13.7 Å². The molecule has 0 bridgehead atoms. The minimum Gasteiger partial charge on any atom is -0.479 e. The number of methoxy groups -OCH3 is 1. The number of fused-ring (bicyclic) bond motifs is 1. The third kappa shape index (κ3) is 2.93. The number of carboxylic acids is 1. The van der Waals surface area contributed by atoms with E-state index in [-0.39, 0.29) is 12.4 Å². The van der Waals surface area contributed by atoms with E-state index in [2.05, 4.69) is 5.32 Å². The molecule has 22 heavy (non-hydrogen) atoms. The lowest BCUT2D eigenvalue weighted by Crippen LogP contribution is -2.55. The summed E-state index contributed by atoms with van der Waals surface area (Å²) in [6.45, 7) is 2.91. The number of hydrogen-bond donors (Lipinski definition) is 2. The highest BCUT2D eigenvalue weighted by molar-refractivity contribution is 6.31. The predicted molar refractivity (Wildman–Crippen MR) is 81.3 cm³/mol. The SMILES string of the molecule is COCC(C)(NC(=O)c1oc2ccc(Cl)cc2c1C)C(=O)O. The summed E-state index contributed by atoms with van der Waals surface area (Å²) in [5.41, 5.74) is -0.439. The first-order chi connectivity index (χ1) is 10.3. The van der Waals surface area contributed by atoms with Crippen LogP contribution in [0.1, 0.15) is 23.0 Å². The van der Waals surface area contributed by atoms with Gasteiger partial charge in [0.05, 0.1) is 6.61 Å². The van der Waals surface area contributed by atoms with Gasteiger partial charge in [-0.1, -0.05) is 11.6 Å². The van der Waals surface area contributed by atoms with E-state index in [1.165, 1.54) is 14.0 Å². The molecule has 7 heteroatoms. The molecule has 1 amide bonds. The molecule has 0 saturated heterocycles. The first-order valence-corrected chi connectivity index (χ1v) is 6.90. The molecule has 0 aliphatic heterocycles. The molecule has 2 N–H and O–H groups in total. The van der Waals surface area contributed by atoms with Crippen LogP contribution in [-0.4, -0.2) is 36.2 Å². The van der Waals surface area contributed by atoms with Crippen molar-refractivity contribution in [2.24, 2.45) is 0 Å². The van der Waals surface area contributed by atoms with E-state index in [9.17, 15) is 14.7 Å². The fraction of sp³-hybridized carbons (Fsp3) is 0.333. The molecule has 0 fully saturated rings. The van der Waals surface area contributed by atoms with Gasteiger partial charge in [0.2, 0.25) is 0 Å². The zero-order valence-electron chi connectivity index (χ0n) is 12.4. The summed E-state index contributed by atoms with van der Waals surface area (Å²) in [4.78, 5) is 23.7. The molecule has 1 atom stereocenters. The number of benzene rings is 1. The quantitative estimate of drug-likeness (QED) is 0.882. The van der Waals surface area contributed by atoms with Crippen LogP contribution >= 0.6 is 11.6 Å². The van der Waals surface area contributed by atoms with Gasteiger partial charge in [-0.2, -0.15) is 0 Å². The topological polar surface area (TPSA) is 88.8 Å². The zero-order valence-corrected chi connectivity index (χ0v) is 13.2. The van der Waals surface area contributed by atoms with Gasteiger partial charge in [-0.15, -0.1) is 0 Å². The summed E-state index contributed by atoms with van der Waals surface area (Å²) in [6, 6.07) is 5.01. The van der Waals surface area contributed by atoms with E-state index in [1.54, 1.807) is 25.1 Å². The standard InChI is InChI=1S/C15H16ClNO5/c1-8-10-6-9(16)4-5-11(10)22-12(8)13(18)17-15(2,7-21-3)14(19)20/h4-6H,7H2,1-3H3,(H,17,18)(H,19,20). The Labute approximate surface area is 132 Å². The van der Waals surface area contributed by atoms with Crippen molar-refractivity contribution in [1.29, 1.82) is 0 Å². The van der Waals surface area contributed by atoms with E-state index >= 15 is 0 Å². The molecule has 1 heterocycles. The zero-order chi connectivity index (χ0) is 16.5. The van der Waals surface area contributed by atoms with Gasteiger partial charge in [0.1, 0.15) is 5.58 Å². The largest absolute Gasteiger partial charge is 0.479 e. The summed E-state index contributed by atoms with van der Waals surface area (Å²) >= 11 is 5.93. The summed E-state index contributed by atoms with van der Waals surface area (Å²) in [5.74, 6) is -1.76. The Balaban J connectivity index is 2.37. The maximum absolute atomic E-state index is 12.4. The molecule has 2 aromatic rings. The molecule has 1 aromatic heterocycles. The van der Waals surface area contributed by atoms with Crippen molar-refractivity contribution < 1.29 is 23.8 Å². The Morgan fingerprint density at radius 3 is 2.73 bits per heavy atom. The highest BCUT2D eigenvalue weighted by Crippen LogP contribution is 2.28. The summed E-state index contributed by atoms with van der Waals surface area (Å²) in [6.07, 6.45) is 0. The van der Waals surface area contributed by atoms with Crippen molar-refractivity contribution in [3.8, 4) is 0 Å². The molecule has 0 spiro atoms. The van der Waals surface area contributed by atoms with Crippen molar-refractivity contribution >= 4 is 34.4 Å². The maximum atomic E-state index is 12.4. The van der Waals surface area contributed by atoms with Crippen LogP contribution in [0.2, 0.25) is 5.02 Å². The second-order valence-electron chi connectivity index (χ2n) is 5.22. The minimum atomic E-state index is -1.55. The number of carbonyl (C=O) groups excluding carboxylic acids is 1. The fourth-order valence-electron chi connectivity index (χ4n) is 2.16. The molecular weight excluding hydrogens is 310 g/mol. The number of aryl methyl sites for hydroxylation is 1. The fourth-order valence-corrected chi connectivity index (χ4v) is 2.33. The van der Waals surface area contributed by atoms with Gasteiger partial charge in [0, 0.05) is 23.1 Å². The van der Waals surface area contributed by atoms with E-state index in [0.29, 0.717) is 21.6 Å². The second kappa shape index (κ2) is 5.98. The molecule has 0 aliphatic carbocycles. The number of carboxylic acid groups (broad SMARTS) is 1. The van der Waals surface area contributed by atoms with Gasteiger partial charge in [0.25, 0.3) is 5.91 Å². The van der Waals surface area contributed by atoms with Gasteiger partial charge in [0.15, 0.2) is 11.3 Å². The Kier molecular flexibility index (Phi) is 4.44. The second-order valence-corrected chi connectivity index (χ2v) is 5.66. The first kappa shape index (κ1) is 16.3. The van der Waals surface area contributed by atoms with Crippen LogP contribution in [0.4, 0.5) is 0 Å². The van der Waals surface area contributed by atoms with Gasteiger partial charge in [-0.3, -0.25) is 4.79 Å². The van der Waals surface area contributed by atoms with E-state index < -0.39 is 17.4 Å². The van der Waals surface area contributed by atoms with Crippen LogP contribution in [0.5, 0.6) is 0 Å². The van der Waals surface area contributed by atoms with Crippen molar-refractivity contribution in [3.63, 3.8) is 0 Å². The van der Waals surface area contributed by atoms with Gasteiger partial charge >= 0.3 is 5.97 Å². The van der Waals surface area contributed by atoms with Crippen molar-refractivity contribution in [3.05, 3.63) is 34.5 Å². The number of ether oxygens (including phenoxy) is 1. The van der Waals surface area contributed by atoms with Crippen LogP contribution < -0.4 is 5.32 Å². The van der Waals surface area contributed by atoms with Crippen LogP contribution in [0, 0.1) is 6.92 Å².